The maximum absolute atomic E-state index is 12.9. The zero-order chi connectivity index (χ0) is 23.4. The molecule has 4 rings (SSSR count). The van der Waals surface area contributed by atoms with Gasteiger partial charge in [0.25, 0.3) is 0 Å². The molecule has 0 bridgehead atoms. The van der Waals surface area contributed by atoms with Crippen LogP contribution in [0.5, 0.6) is 0 Å². The maximum atomic E-state index is 12.9. The highest BCUT2D eigenvalue weighted by Gasteiger charge is 2.31. The lowest BCUT2D eigenvalue weighted by Crippen LogP contribution is -2.33. The van der Waals surface area contributed by atoms with Crippen LogP contribution in [-0.4, -0.2) is 42.3 Å². The molecular weight excluding hydrogens is 467 g/mol. The van der Waals surface area contributed by atoms with Crippen molar-refractivity contribution in [3.8, 4) is 0 Å². The highest BCUT2D eigenvalue weighted by Crippen LogP contribution is 2.37. The van der Waals surface area contributed by atoms with E-state index < -0.39 is 0 Å². The van der Waals surface area contributed by atoms with Crippen molar-refractivity contribution >= 4 is 41.4 Å². The molecule has 0 saturated heterocycles. The van der Waals surface area contributed by atoms with E-state index in [2.05, 4.69) is 24.8 Å². The average Bonchev–Trinajstić information content (AvgIpc) is 3.24. The standard InChI is InChI=1S/C28H35ClN2O2.ClH/c1-20(2)30(16-13-21-8-5-6-9-25(21)29)15-7-3-4-10-26(32)24-18-22-11-12-27(33)31-17-14-23(19-24)28(22)31;/h5-6,8-9,18-20H,3-4,7,10-17H2,1-2H3;1H. The van der Waals surface area contributed by atoms with Crippen LogP contribution >= 0.6 is 24.0 Å². The van der Waals surface area contributed by atoms with Crippen molar-refractivity contribution in [2.24, 2.45) is 0 Å². The summed E-state index contributed by atoms with van der Waals surface area (Å²) in [5.41, 5.74) is 5.49. The van der Waals surface area contributed by atoms with Crippen LogP contribution in [-0.2, 0) is 24.1 Å². The summed E-state index contributed by atoms with van der Waals surface area (Å²) in [7, 11) is 0. The number of carbonyl (C=O) groups is 2. The van der Waals surface area contributed by atoms with E-state index in [9.17, 15) is 9.59 Å². The predicted molar refractivity (Wildman–Crippen MR) is 143 cm³/mol. The topological polar surface area (TPSA) is 40.6 Å². The van der Waals surface area contributed by atoms with Crippen LogP contribution in [0.4, 0.5) is 5.69 Å². The molecule has 0 fully saturated rings. The number of halogens is 2. The number of Topliss-reactive ketones (excluding diaryl/α,β-unsaturated/α-hetero) is 1. The highest BCUT2D eigenvalue weighted by atomic mass is 35.5. The second-order valence-electron chi connectivity index (χ2n) is 9.64. The normalized spacial score (nSPS) is 14.5. The molecule has 0 unspecified atom stereocenters. The lowest BCUT2D eigenvalue weighted by molar-refractivity contribution is -0.118. The lowest BCUT2D eigenvalue weighted by Gasteiger charge is -2.26. The van der Waals surface area contributed by atoms with E-state index in [1.807, 2.05) is 35.2 Å². The van der Waals surface area contributed by atoms with Crippen LogP contribution < -0.4 is 4.90 Å². The van der Waals surface area contributed by atoms with Gasteiger partial charge in [-0.05, 0) is 87.4 Å². The molecule has 2 aliphatic heterocycles. The number of anilines is 1. The third-order valence-electron chi connectivity index (χ3n) is 7.08. The summed E-state index contributed by atoms with van der Waals surface area (Å²) in [5, 5.41) is 0.847. The van der Waals surface area contributed by atoms with Crippen molar-refractivity contribution in [1.82, 2.24) is 4.90 Å². The smallest absolute Gasteiger partial charge is 0.227 e. The van der Waals surface area contributed by atoms with Crippen LogP contribution in [0.15, 0.2) is 36.4 Å². The van der Waals surface area contributed by atoms with Crippen LogP contribution in [0.3, 0.4) is 0 Å². The van der Waals surface area contributed by atoms with Gasteiger partial charge in [-0.2, -0.15) is 0 Å². The van der Waals surface area contributed by atoms with E-state index in [-0.39, 0.29) is 24.1 Å². The average molecular weight is 504 g/mol. The molecule has 0 spiro atoms. The van der Waals surface area contributed by atoms with Gasteiger partial charge in [-0.25, -0.2) is 0 Å². The summed E-state index contributed by atoms with van der Waals surface area (Å²) in [6.45, 7) is 7.29. The summed E-state index contributed by atoms with van der Waals surface area (Å²) in [5.74, 6) is 0.464. The maximum Gasteiger partial charge on any atom is 0.227 e. The van der Waals surface area contributed by atoms with Crippen LogP contribution in [0.25, 0.3) is 0 Å². The van der Waals surface area contributed by atoms with Gasteiger partial charge in [-0.15, -0.1) is 12.4 Å². The van der Waals surface area contributed by atoms with Crippen molar-refractivity contribution < 1.29 is 9.59 Å². The zero-order valence-electron chi connectivity index (χ0n) is 20.3. The van der Waals surface area contributed by atoms with E-state index in [0.717, 1.165) is 74.4 Å². The fourth-order valence-corrected chi connectivity index (χ4v) is 5.36. The fourth-order valence-electron chi connectivity index (χ4n) is 5.13. The number of benzene rings is 2. The number of hydrogen-bond donors (Lipinski definition) is 0. The number of carbonyl (C=O) groups excluding carboxylic acids is 2. The second kappa shape index (κ2) is 12.2. The molecule has 0 N–H and O–H groups in total. The molecule has 0 atom stereocenters. The quantitative estimate of drug-likeness (QED) is 0.267. The molecule has 2 aliphatic rings. The molecule has 4 nitrogen and oxygen atoms in total. The number of unbranched alkanes of at least 4 members (excludes halogenated alkanes) is 2. The van der Waals surface area contributed by atoms with Gasteiger partial charge < -0.3 is 9.80 Å². The van der Waals surface area contributed by atoms with Crippen LogP contribution in [0.2, 0.25) is 5.02 Å². The molecular formula is C28H36Cl2N2O2. The first-order chi connectivity index (χ1) is 15.9. The first kappa shape index (κ1) is 26.7. The van der Waals surface area contributed by atoms with Gasteiger partial charge in [0, 0.05) is 42.6 Å². The Kier molecular flexibility index (Phi) is 9.58. The lowest BCUT2D eigenvalue weighted by atomic mass is 9.94. The summed E-state index contributed by atoms with van der Waals surface area (Å²) in [6, 6.07) is 12.7. The Hall–Kier alpha value is -1.88. The molecule has 6 heteroatoms. The van der Waals surface area contributed by atoms with Crippen molar-refractivity contribution in [2.45, 2.75) is 71.3 Å². The third kappa shape index (κ3) is 6.21. The summed E-state index contributed by atoms with van der Waals surface area (Å²) >= 11 is 6.31. The Morgan fingerprint density at radius 1 is 1.03 bits per heavy atom. The van der Waals surface area contributed by atoms with Crippen molar-refractivity contribution in [2.75, 3.05) is 24.5 Å². The number of ketones is 1. The Balaban J connectivity index is 0.00000324. The molecule has 1 amide bonds. The Labute approximate surface area is 215 Å². The molecule has 184 valence electrons. The highest BCUT2D eigenvalue weighted by molar-refractivity contribution is 6.31. The minimum atomic E-state index is 0. The monoisotopic (exact) mass is 502 g/mol. The van der Waals surface area contributed by atoms with Gasteiger partial charge in [0.2, 0.25) is 5.91 Å². The van der Waals surface area contributed by atoms with Gasteiger partial charge >= 0.3 is 0 Å². The fraction of sp³-hybridized carbons (Fsp3) is 0.500. The number of rotatable bonds is 11. The van der Waals surface area contributed by atoms with Gasteiger partial charge in [-0.3, -0.25) is 9.59 Å². The van der Waals surface area contributed by atoms with E-state index in [4.69, 9.17) is 11.6 Å². The van der Waals surface area contributed by atoms with Gasteiger partial charge in [0.1, 0.15) is 0 Å². The molecule has 34 heavy (non-hydrogen) atoms. The first-order valence-corrected chi connectivity index (χ1v) is 12.8. The van der Waals surface area contributed by atoms with Crippen LogP contribution in [0, 0.1) is 0 Å². The SMILES string of the molecule is CC(C)N(CCCCCC(=O)c1cc2c3c(c1)CCN3C(=O)CC2)CCc1ccccc1Cl.Cl. The largest absolute Gasteiger partial charge is 0.312 e. The summed E-state index contributed by atoms with van der Waals surface area (Å²) < 4.78 is 0. The Morgan fingerprint density at radius 2 is 1.76 bits per heavy atom. The number of amides is 1. The molecule has 2 heterocycles. The van der Waals surface area contributed by atoms with E-state index in [1.165, 1.54) is 16.7 Å². The molecule has 0 radical (unpaired) electrons. The molecule has 0 aromatic heterocycles. The number of hydrogen-bond acceptors (Lipinski definition) is 3. The van der Waals surface area contributed by atoms with Crippen LogP contribution in [0.1, 0.15) is 73.0 Å². The minimum Gasteiger partial charge on any atom is -0.312 e. The van der Waals surface area contributed by atoms with E-state index in [1.54, 1.807) is 0 Å². The molecule has 0 saturated carbocycles. The van der Waals surface area contributed by atoms with Gasteiger partial charge in [0.15, 0.2) is 5.78 Å². The molecule has 0 aliphatic carbocycles. The summed E-state index contributed by atoms with van der Waals surface area (Å²) in [4.78, 5) is 29.4. The number of aryl methyl sites for hydroxylation is 1. The third-order valence-corrected chi connectivity index (χ3v) is 7.45. The van der Waals surface area contributed by atoms with Crippen molar-refractivity contribution in [3.05, 3.63) is 63.7 Å². The van der Waals surface area contributed by atoms with Gasteiger partial charge in [0.05, 0.1) is 5.69 Å². The predicted octanol–water partition coefficient (Wildman–Crippen LogP) is 6.29. The number of nitrogens with zero attached hydrogens (tertiary/aromatic N) is 2. The zero-order valence-corrected chi connectivity index (χ0v) is 21.9. The Morgan fingerprint density at radius 3 is 2.50 bits per heavy atom. The second-order valence-corrected chi connectivity index (χ2v) is 10.1. The summed E-state index contributed by atoms with van der Waals surface area (Å²) in [6.07, 6.45) is 6.83. The van der Waals surface area contributed by atoms with Crippen molar-refractivity contribution in [1.29, 1.82) is 0 Å². The van der Waals surface area contributed by atoms with E-state index >= 15 is 0 Å². The van der Waals surface area contributed by atoms with E-state index in [0.29, 0.717) is 18.9 Å². The first-order valence-electron chi connectivity index (χ1n) is 12.4. The molecule has 2 aromatic rings. The minimum absolute atomic E-state index is 0. The molecule has 2 aromatic carbocycles. The Bertz CT molecular complexity index is 1020. The van der Waals surface area contributed by atoms with Crippen molar-refractivity contribution in [3.63, 3.8) is 0 Å². The van der Waals surface area contributed by atoms with Gasteiger partial charge in [-0.1, -0.05) is 36.2 Å².